The smallest absolute Gasteiger partial charge is 0.335 e. The summed E-state index contributed by atoms with van der Waals surface area (Å²) < 4.78 is 1.84. The molecule has 1 fully saturated rings. The number of nitrogens with zero attached hydrogens (tertiary/aromatic N) is 2. The summed E-state index contributed by atoms with van der Waals surface area (Å²) in [5.74, 6) is -1.39. The lowest BCUT2D eigenvalue weighted by Crippen LogP contribution is -2.54. The molecule has 1 saturated heterocycles. The SMILES string of the molecule is Cc1ccc(/C=C2\C(=O)NC(=O)N(c3ccc(Cl)cc3)C2=O)n1C. The Kier molecular flexibility index (Phi) is 3.99. The summed E-state index contributed by atoms with van der Waals surface area (Å²) in [5, 5.41) is 2.67. The van der Waals surface area contributed by atoms with Crippen molar-refractivity contribution in [2.75, 3.05) is 4.90 Å². The summed E-state index contributed by atoms with van der Waals surface area (Å²) in [7, 11) is 1.83. The average Bonchev–Trinajstić information content (AvgIpc) is 2.85. The van der Waals surface area contributed by atoms with Crippen molar-refractivity contribution in [1.82, 2.24) is 9.88 Å². The van der Waals surface area contributed by atoms with Gasteiger partial charge in [-0.1, -0.05) is 11.6 Å². The van der Waals surface area contributed by atoms with E-state index in [0.717, 1.165) is 10.6 Å². The molecule has 1 N–H and O–H groups in total. The molecular formula is C17H14ClN3O3. The molecule has 122 valence electrons. The maximum atomic E-state index is 12.7. The fourth-order valence-corrected chi connectivity index (χ4v) is 2.53. The first-order valence-electron chi connectivity index (χ1n) is 7.18. The topological polar surface area (TPSA) is 71.4 Å². The molecule has 1 aromatic carbocycles. The van der Waals surface area contributed by atoms with E-state index in [1.54, 1.807) is 30.3 Å². The van der Waals surface area contributed by atoms with Crippen LogP contribution in [-0.4, -0.2) is 22.4 Å². The highest BCUT2D eigenvalue weighted by molar-refractivity contribution is 6.39. The number of hydrogen-bond acceptors (Lipinski definition) is 3. The molecule has 1 aliphatic heterocycles. The Morgan fingerprint density at radius 2 is 1.71 bits per heavy atom. The third-order valence-corrected chi connectivity index (χ3v) is 4.14. The van der Waals surface area contributed by atoms with Crippen molar-refractivity contribution in [2.45, 2.75) is 6.92 Å². The number of halogens is 1. The number of rotatable bonds is 2. The van der Waals surface area contributed by atoms with Gasteiger partial charge in [0.1, 0.15) is 5.57 Å². The third-order valence-electron chi connectivity index (χ3n) is 3.89. The van der Waals surface area contributed by atoms with Crippen LogP contribution in [0.1, 0.15) is 11.4 Å². The molecule has 0 spiro atoms. The molecule has 2 aromatic rings. The van der Waals surface area contributed by atoms with Crippen LogP contribution >= 0.6 is 11.6 Å². The second kappa shape index (κ2) is 5.98. The number of anilines is 1. The zero-order valence-corrected chi connectivity index (χ0v) is 13.8. The monoisotopic (exact) mass is 343 g/mol. The number of aromatic nitrogens is 1. The molecule has 3 rings (SSSR count). The summed E-state index contributed by atoms with van der Waals surface area (Å²) in [6, 6.07) is 9.11. The van der Waals surface area contributed by atoms with Gasteiger partial charge in [0.25, 0.3) is 11.8 Å². The van der Waals surface area contributed by atoms with Crippen molar-refractivity contribution < 1.29 is 14.4 Å². The molecule has 0 atom stereocenters. The first-order valence-corrected chi connectivity index (χ1v) is 7.55. The van der Waals surface area contributed by atoms with Crippen LogP contribution in [0.15, 0.2) is 42.0 Å². The van der Waals surface area contributed by atoms with Gasteiger partial charge in [-0.25, -0.2) is 9.69 Å². The number of imide groups is 2. The molecule has 6 nitrogen and oxygen atoms in total. The number of barbiturate groups is 1. The molecule has 0 radical (unpaired) electrons. The molecule has 7 heteroatoms. The Morgan fingerprint density at radius 3 is 2.29 bits per heavy atom. The van der Waals surface area contributed by atoms with Gasteiger partial charge in [-0.3, -0.25) is 14.9 Å². The summed E-state index contributed by atoms with van der Waals surface area (Å²) in [6.45, 7) is 1.91. The predicted molar refractivity (Wildman–Crippen MR) is 90.6 cm³/mol. The number of carbonyl (C=O) groups is 3. The van der Waals surface area contributed by atoms with Crippen LogP contribution in [0.5, 0.6) is 0 Å². The standard InChI is InChI=1S/C17H14ClN3O3/c1-10-3-6-13(20(10)2)9-14-15(22)19-17(24)21(16(14)23)12-7-4-11(18)5-8-12/h3-9H,1-2H3,(H,19,22,24)/b14-9+. The Labute approximate surface area is 143 Å². The normalized spacial score (nSPS) is 16.7. The zero-order valence-electron chi connectivity index (χ0n) is 13.0. The first-order chi connectivity index (χ1) is 11.4. The van der Waals surface area contributed by atoms with E-state index in [4.69, 9.17) is 11.6 Å². The molecule has 2 heterocycles. The molecule has 0 unspecified atom stereocenters. The minimum Gasteiger partial charge on any atom is -0.348 e. The largest absolute Gasteiger partial charge is 0.348 e. The van der Waals surface area contributed by atoms with Crippen molar-refractivity contribution >= 4 is 41.2 Å². The first kappa shape index (κ1) is 16.0. The van der Waals surface area contributed by atoms with Crippen LogP contribution < -0.4 is 10.2 Å². The summed E-state index contributed by atoms with van der Waals surface area (Å²) in [4.78, 5) is 37.8. The van der Waals surface area contributed by atoms with E-state index in [1.165, 1.54) is 6.08 Å². The Bertz CT molecular complexity index is 881. The van der Waals surface area contributed by atoms with E-state index in [-0.39, 0.29) is 5.57 Å². The highest BCUT2D eigenvalue weighted by Crippen LogP contribution is 2.23. The lowest BCUT2D eigenvalue weighted by atomic mass is 10.1. The van der Waals surface area contributed by atoms with Crippen LogP contribution in [0.3, 0.4) is 0 Å². The summed E-state index contributed by atoms with van der Waals surface area (Å²) >= 11 is 5.83. The van der Waals surface area contributed by atoms with Gasteiger partial charge in [-0.15, -0.1) is 0 Å². The fraction of sp³-hybridized carbons (Fsp3) is 0.118. The molecule has 24 heavy (non-hydrogen) atoms. The third kappa shape index (κ3) is 2.72. The Balaban J connectivity index is 2.03. The minimum atomic E-state index is -0.785. The van der Waals surface area contributed by atoms with Crippen LogP contribution in [0.2, 0.25) is 5.02 Å². The number of benzene rings is 1. The van der Waals surface area contributed by atoms with Crippen molar-refractivity contribution in [3.8, 4) is 0 Å². The van der Waals surface area contributed by atoms with E-state index in [0.29, 0.717) is 16.4 Å². The highest BCUT2D eigenvalue weighted by atomic mass is 35.5. The van der Waals surface area contributed by atoms with Gasteiger partial charge in [-0.2, -0.15) is 0 Å². The Hall–Kier alpha value is -2.86. The van der Waals surface area contributed by atoms with Gasteiger partial charge in [0.15, 0.2) is 0 Å². The number of aryl methyl sites for hydroxylation is 1. The molecule has 0 saturated carbocycles. The zero-order chi connectivity index (χ0) is 17.4. The van der Waals surface area contributed by atoms with Crippen LogP contribution in [-0.2, 0) is 16.6 Å². The average molecular weight is 344 g/mol. The molecule has 1 aromatic heterocycles. The van der Waals surface area contributed by atoms with Crippen molar-refractivity contribution in [2.24, 2.45) is 7.05 Å². The summed E-state index contributed by atoms with van der Waals surface area (Å²) in [6.07, 6.45) is 1.47. The number of urea groups is 1. The van der Waals surface area contributed by atoms with Gasteiger partial charge in [0.2, 0.25) is 0 Å². The lowest BCUT2D eigenvalue weighted by molar-refractivity contribution is -0.122. The van der Waals surface area contributed by atoms with Gasteiger partial charge < -0.3 is 4.57 Å². The van der Waals surface area contributed by atoms with E-state index < -0.39 is 17.8 Å². The maximum absolute atomic E-state index is 12.7. The van der Waals surface area contributed by atoms with Gasteiger partial charge >= 0.3 is 6.03 Å². The molecule has 1 aliphatic rings. The molecular weight excluding hydrogens is 330 g/mol. The molecule has 4 amide bonds. The van der Waals surface area contributed by atoms with E-state index in [1.807, 2.05) is 24.6 Å². The van der Waals surface area contributed by atoms with Crippen molar-refractivity contribution in [1.29, 1.82) is 0 Å². The van der Waals surface area contributed by atoms with Crippen LogP contribution in [0, 0.1) is 6.92 Å². The number of amides is 4. The second-order valence-corrected chi connectivity index (χ2v) is 5.83. The highest BCUT2D eigenvalue weighted by Gasteiger charge is 2.36. The Morgan fingerprint density at radius 1 is 1.04 bits per heavy atom. The lowest BCUT2D eigenvalue weighted by Gasteiger charge is -2.26. The number of carbonyl (C=O) groups excluding carboxylic acids is 3. The van der Waals surface area contributed by atoms with Crippen molar-refractivity contribution in [3.63, 3.8) is 0 Å². The molecule has 0 bridgehead atoms. The second-order valence-electron chi connectivity index (χ2n) is 5.39. The maximum Gasteiger partial charge on any atom is 0.335 e. The van der Waals surface area contributed by atoms with Gasteiger partial charge in [0.05, 0.1) is 5.69 Å². The fourth-order valence-electron chi connectivity index (χ4n) is 2.41. The van der Waals surface area contributed by atoms with Crippen LogP contribution in [0.4, 0.5) is 10.5 Å². The van der Waals surface area contributed by atoms with E-state index in [2.05, 4.69) is 5.32 Å². The quantitative estimate of drug-likeness (QED) is 0.673. The number of nitrogens with one attached hydrogen (secondary N) is 1. The molecule has 0 aliphatic carbocycles. The number of hydrogen-bond donors (Lipinski definition) is 1. The van der Waals surface area contributed by atoms with Crippen LogP contribution in [0.25, 0.3) is 6.08 Å². The van der Waals surface area contributed by atoms with Gasteiger partial charge in [0, 0.05) is 23.5 Å². The van der Waals surface area contributed by atoms with E-state index >= 15 is 0 Å². The van der Waals surface area contributed by atoms with Gasteiger partial charge in [-0.05, 0) is 49.4 Å². The van der Waals surface area contributed by atoms with Crippen molar-refractivity contribution in [3.05, 3.63) is 58.4 Å². The predicted octanol–water partition coefficient (Wildman–Crippen LogP) is 2.65. The minimum absolute atomic E-state index is 0.106. The summed E-state index contributed by atoms with van der Waals surface area (Å²) in [5.41, 5.74) is 1.90. The van der Waals surface area contributed by atoms with E-state index in [9.17, 15) is 14.4 Å².